The number of benzene rings is 1. The van der Waals surface area contributed by atoms with E-state index in [1.807, 2.05) is 42.5 Å². The molecule has 2 heterocycles. The first-order chi connectivity index (χ1) is 9.88. The molecule has 0 unspecified atom stereocenters. The molecule has 0 aliphatic carbocycles. The van der Waals surface area contributed by atoms with Crippen molar-refractivity contribution in [3.05, 3.63) is 60.0 Å². The summed E-state index contributed by atoms with van der Waals surface area (Å²) in [6.07, 6.45) is 1.74. The van der Waals surface area contributed by atoms with E-state index in [-0.39, 0.29) is 0 Å². The van der Waals surface area contributed by atoms with Gasteiger partial charge in [0, 0.05) is 11.6 Å². The highest BCUT2D eigenvalue weighted by Gasteiger charge is 2.09. The lowest BCUT2D eigenvalue weighted by Gasteiger charge is -2.09. The van der Waals surface area contributed by atoms with Gasteiger partial charge >= 0.3 is 0 Å². The fourth-order valence-corrected chi connectivity index (χ4v) is 1.99. The van der Waals surface area contributed by atoms with Gasteiger partial charge in [0.25, 0.3) is 0 Å². The van der Waals surface area contributed by atoms with Crippen molar-refractivity contribution in [1.82, 2.24) is 15.2 Å². The number of pyridine rings is 1. The monoisotopic (exact) mass is 261 g/mol. The Balaban J connectivity index is 1.99. The lowest BCUT2D eigenvalue weighted by molar-refractivity contribution is 1.01. The fourth-order valence-electron chi connectivity index (χ4n) is 1.99. The van der Waals surface area contributed by atoms with Crippen LogP contribution in [0.3, 0.4) is 0 Å². The molecule has 96 valence electrons. The van der Waals surface area contributed by atoms with Crippen molar-refractivity contribution in [3.63, 3.8) is 0 Å². The molecule has 2 aromatic heterocycles. The Kier molecular flexibility index (Phi) is 3.21. The minimum atomic E-state index is 0.291. The Morgan fingerprint density at radius 1 is 1.05 bits per heavy atom. The first-order valence-corrected chi connectivity index (χ1v) is 6.18. The molecule has 0 saturated heterocycles. The van der Waals surface area contributed by atoms with Crippen molar-refractivity contribution in [2.45, 2.75) is 6.54 Å². The van der Waals surface area contributed by atoms with Crippen LogP contribution in [0.4, 0.5) is 5.69 Å². The van der Waals surface area contributed by atoms with Gasteiger partial charge in [-0.3, -0.25) is 4.98 Å². The summed E-state index contributed by atoms with van der Waals surface area (Å²) in [7, 11) is 0. The molecule has 1 N–H and O–H groups in total. The zero-order valence-electron chi connectivity index (χ0n) is 10.6. The van der Waals surface area contributed by atoms with Gasteiger partial charge in [-0.1, -0.05) is 24.3 Å². The predicted molar refractivity (Wildman–Crippen MR) is 75.8 cm³/mol. The SMILES string of the molecule is N#Cc1nnc2ccccc2c1NCc1ccccn1. The zero-order chi connectivity index (χ0) is 13.8. The Hall–Kier alpha value is -3.00. The van der Waals surface area contributed by atoms with E-state index in [0.29, 0.717) is 17.9 Å². The maximum absolute atomic E-state index is 9.17. The molecule has 0 radical (unpaired) electrons. The molecular weight excluding hydrogens is 250 g/mol. The number of fused-ring (bicyclic) bond motifs is 1. The Morgan fingerprint density at radius 2 is 1.90 bits per heavy atom. The van der Waals surface area contributed by atoms with Crippen LogP contribution in [0.25, 0.3) is 10.9 Å². The van der Waals surface area contributed by atoms with Gasteiger partial charge in [0.2, 0.25) is 0 Å². The van der Waals surface area contributed by atoms with Crippen LogP contribution in [0.5, 0.6) is 0 Å². The van der Waals surface area contributed by atoms with Crippen LogP contribution in [-0.2, 0) is 6.54 Å². The maximum atomic E-state index is 9.17. The molecule has 0 aliphatic heterocycles. The molecule has 5 heteroatoms. The first-order valence-electron chi connectivity index (χ1n) is 6.18. The number of hydrogen-bond acceptors (Lipinski definition) is 5. The summed E-state index contributed by atoms with van der Waals surface area (Å²) in [6, 6.07) is 15.4. The van der Waals surface area contributed by atoms with Gasteiger partial charge in [-0.2, -0.15) is 5.26 Å². The van der Waals surface area contributed by atoms with E-state index in [0.717, 1.165) is 16.6 Å². The molecule has 20 heavy (non-hydrogen) atoms. The van der Waals surface area contributed by atoms with E-state index in [1.165, 1.54) is 0 Å². The molecule has 0 bridgehead atoms. The summed E-state index contributed by atoms with van der Waals surface area (Å²) in [6.45, 7) is 0.533. The second-order valence-electron chi connectivity index (χ2n) is 4.23. The van der Waals surface area contributed by atoms with Crippen molar-refractivity contribution in [1.29, 1.82) is 5.26 Å². The van der Waals surface area contributed by atoms with Gasteiger partial charge in [-0.05, 0) is 18.2 Å². The van der Waals surface area contributed by atoms with Crippen molar-refractivity contribution in [3.8, 4) is 6.07 Å². The summed E-state index contributed by atoms with van der Waals surface area (Å²) in [4.78, 5) is 4.25. The molecule has 3 aromatic rings. The van der Waals surface area contributed by atoms with E-state index in [2.05, 4.69) is 26.6 Å². The normalized spacial score (nSPS) is 10.2. The number of anilines is 1. The molecule has 0 saturated carbocycles. The molecule has 3 rings (SSSR count). The second-order valence-corrected chi connectivity index (χ2v) is 4.23. The highest BCUT2D eigenvalue weighted by atomic mass is 15.1. The number of rotatable bonds is 3. The third-order valence-electron chi connectivity index (χ3n) is 2.95. The average molecular weight is 261 g/mol. The Morgan fingerprint density at radius 3 is 2.70 bits per heavy atom. The smallest absolute Gasteiger partial charge is 0.186 e. The van der Waals surface area contributed by atoms with Crippen LogP contribution < -0.4 is 5.32 Å². The van der Waals surface area contributed by atoms with Crippen molar-refractivity contribution in [2.24, 2.45) is 0 Å². The number of aromatic nitrogens is 3. The Bertz CT molecular complexity index is 777. The quantitative estimate of drug-likeness (QED) is 0.784. The van der Waals surface area contributed by atoms with Gasteiger partial charge < -0.3 is 5.32 Å². The number of nitriles is 1. The van der Waals surface area contributed by atoms with Crippen LogP contribution in [0.15, 0.2) is 48.7 Å². The third-order valence-corrected chi connectivity index (χ3v) is 2.95. The summed E-state index contributed by atoms with van der Waals surface area (Å²) in [5.41, 5.74) is 2.65. The van der Waals surface area contributed by atoms with Crippen molar-refractivity contribution >= 4 is 16.6 Å². The third kappa shape index (κ3) is 2.27. The minimum Gasteiger partial charge on any atom is -0.376 e. The molecule has 0 amide bonds. The van der Waals surface area contributed by atoms with Crippen LogP contribution in [-0.4, -0.2) is 15.2 Å². The van der Waals surface area contributed by atoms with E-state index in [4.69, 9.17) is 5.26 Å². The molecule has 0 fully saturated rings. The highest BCUT2D eigenvalue weighted by molar-refractivity contribution is 5.92. The van der Waals surface area contributed by atoms with Gasteiger partial charge in [-0.25, -0.2) is 0 Å². The molecule has 5 nitrogen and oxygen atoms in total. The van der Waals surface area contributed by atoms with E-state index in [9.17, 15) is 0 Å². The van der Waals surface area contributed by atoms with Crippen molar-refractivity contribution < 1.29 is 0 Å². The summed E-state index contributed by atoms with van der Waals surface area (Å²) in [5, 5.41) is 21.3. The van der Waals surface area contributed by atoms with Gasteiger partial charge in [0.15, 0.2) is 5.69 Å². The highest BCUT2D eigenvalue weighted by Crippen LogP contribution is 2.24. The molecular formula is C15H11N5. The van der Waals surface area contributed by atoms with Crippen LogP contribution in [0.2, 0.25) is 0 Å². The van der Waals surface area contributed by atoms with E-state index >= 15 is 0 Å². The lowest BCUT2D eigenvalue weighted by Crippen LogP contribution is -2.05. The predicted octanol–water partition coefficient (Wildman–Crippen LogP) is 2.51. The molecule has 0 spiro atoms. The van der Waals surface area contributed by atoms with Crippen LogP contribution in [0, 0.1) is 11.3 Å². The molecule has 1 aromatic carbocycles. The molecule has 0 aliphatic rings. The average Bonchev–Trinajstić information content (AvgIpc) is 2.53. The summed E-state index contributed by atoms with van der Waals surface area (Å²) in [5.74, 6) is 0. The second kappa shape index (κ2) is 5.33. The van der Waals surface area contributed by atoms with Gasteiger partial charge in [0.1, 0.15) is 6.07 Å². The summed E-state index contributed by atoms with van der Waals surface area (Å²) >= 11 is 0. The van der Waals surface area contributed by atoms with Gasteiger partial charge in [0.05, 0.1) is 23.4 Å². The minimum absolute atomic E-state index is 0.291. The number of nitrogens with one attached hydrogen (secondary N) is 1. The fraction of sp³-hybridized carbons (Fsp3) is 0.0667. The largest absolute Gasteiger partial charge is 0.376 e. The topological polar surface area (TPSA) is 74.5 Å². The zero-order valence-corrected chi connectivity index (χ0v) is 10.6. The lowest BCUT2D eigenvalue weighted by atomic mass is 10.1. The van der Waals surface area contributed by atoms with Crippen molar-refractivity contribution in [2.75, 3.05) is 5.32 Å². The Labute approximate surface area is 115 Å². The maximum Gasteiger partial charge on any atom is 0.186 e. The number of hydrogen-bond donors (Lipinski definition) is 1. The van der Waals surface area contributed by atoms with Gasteiger partial charge in [-0.15, -0.1) is 10.2 Å². The summed E-state index contributed by atoms with van der Waals surface area (Å²) < 4.78 is 0. The van der Waals surface area contributed by atoms with E-state index < -0.39 is 0 Å². The standard InChI is InChI=1S/C15H11N5/c16-9-14-15(18-10-11-5-3-4-8-17-11)12-6-1-2-7-13(12)19-20-14/h1-8H,10H2,(H,18,19). The van der Waals surface area contributed by atoms with Crippen LogP contribution in [0.1, 0.15) is 11.4 Å². The van der Waals surface area contributed by atoms with Crippen LogP contribution >= 0.6 is 0 Å². The van der Waals surface area contributed by atoms with E-state index in [1.54, 1.807) is 6.20 Å². The molecule has 0 atom stereocenters. The first kappa shape index (κ1) is 12.1. The number of nitrogens with zero attached hydrogens (tertiary/aromatic N) is 4.